The van der Waals surface area contributed by atoms with Gasteiger partial charge in [0.2, 0.25) is 0 Å². The second-order valence-electron chi connectivity index (χ2n) is 5.95. The van der Waals surface area contributed by atoms with Gasteiger partial charge in [-0.1, -0.05) is 48.5 Å². The fraction of sp³-hybridized carbons (Fsp3) is 0.0435. The van der Waals surface area contributed by atoms with Crippen molar-refractivity contribution in [3.8, 4) is 17.2 Å². The normalized spacial score (nSPS) is 11.0. The van der Waals surface area contributed by atoms with E-state index < -0.39 is 0 Å². The zero-order valence-corrected chi connectivity index (χ0v) is 14.9. The van der Waals surface area contributed by atoms with Gasteiger partial charge < -0.3 is 9.47 Å². The van der Waals surface area contributed by atoms with Gasteiger partial charge in [0.25, 0.3) is 0 Å². The molecule has 0 atom stereocenters. The number of benzene rings is 4. The third-order valence-corrected chi connectivity index (χ3v) is 4.17. The highest BCUT2D eigenvalue weighted by Crippen LogP contribution is 2.39. The second kappa shape index (κ2) is 7.70. The SMILES string of the molecule is COc1ccc(N=Nc2c(Oc3ccccc3)ccc3ccccc23)cc1. The van der Waals surface area contributed by atoms with Crippen molar-refractivity contribution in [1.29, 1.82) is 0 Å². The molecule has 4 heteroatoms. The summed E-state index contributed by atoms with van der Waals surface area (Å²) in [5.41, 5.74) is 1.45. The lowest BCUT2D eigenvalue weighted by molar-refractivity contribution is 0.415. The monoisotopic (exact) mass is 354 g/mol. The molecule has 0 aliphatic heterocycles. The van der Waals surface area contributed by atoms with Gasteiger partial charge in [-0.3, -0.25) is 0 Å². The van der Waals surface area contributed by atoms with Gasteiger partial charge in [-0.25, -0.2) is 0 Å². The minimum atomic E-state index is 0.664. The molecule has 0 saturated heterocycles. The van der Waals surface area contributed by atoms with Crippen LogP contribution in [0.2, 0.25) is 0 Å². The Balaban J connectivity index is 1.75. The van der Waals surface area contributed by atoms with Gasteiger partial charge in [-0.05, 0) is 47.9 Å². The first-order chi connectivity index (χ1) is 13.3. The zero-order valence-electron chi connectivity index (χ0n) is 14.9. The van der Waals surface area contributed by atoms with Crippen molar-refractivity contribution in [2.45, 2.75) is 0 Å². The van der Waals surface area contributed by atoms with Crippen LogP contribution in [0.4, 0.5) is 11.4 Å². The molecule has 0 aromatic heterocycles. The highest BCUT2D eigenvalue weighted by molar-refractivity contribution is 5.95. The largest absolute Gasteiger partial charge is 0.497 e. The first-order valence-corrected chi connectivity index (χ1v) is 8.64. The van der Waals surface area contributed by atoms with Gasteiger partial charge >= 0.3 is 0 Å². The minimum Gasteiger partial charge on any atom is -0.497 e. The fourth-order valence-corrected chi connectivity index (χ4v) is 2.79. The number of nitrogens with zero attached hydrogens (tertiary/aromatic N) is 2. The second-order valence-corrected chi connectivity index (χ2v) is 5.95. The molecule has 0 radical (unpaired) electrons. The van der Waals surface area contributed by atoms with E-state index >= 15 is 0 Å². The first kappa shape index (κ1) is 16.8. The molecule has 4 aromatic carbocycles. The van der Waals surface area contributed by atoms with Crippen molar-refractivity contribution in [2.75, 3.05) is 7.11 Å². The van der Waals surface area contributed by atoms with Gasteiger partial charge in [-0.15, -0.1) is 5.11 Å². The molecular formula is C23H18N2O2. The number of hydrogen-bond acceptors (Lipinski definition) is 4. The highest BCUT2D eigenvalue weighted by Gasteiger charge is 2.09. The smallest absolute Gasteiger partial charge is 0.155 e. The number of para-hydroxylation sites is 1. The number of hydrogen-bond donors (Lipinski definition) is 0. The summed E-state index contributed by atoms with van der Waals surface area (Å²) in [5, 5.41) is 11.0. The summed E-state index contributed by atoms with van der Waals surface area (Å²) < 4.78 is 11.3. The van der Waals surface area contributed by atoms with E-state index in [2.05, 4.69) is 10.2 Å². The van der Waals surface area contributed by atoms with Crippen molar-refractivity contribution in [2.24, 2.45) is 10.2 Å². The van der Waals surface area contributed by atoms with Crippen LogP contribution in [0.15, 0.2) is 101 Å². The Morgan fingerprint density at radius 3 is 2.15 bits per heavy atom. The molecule has 0 saturated carbocycles. The molecular weight excluding hydrogens is 336 g/mol. The van der Waals surface area contributed by atoms with E-state index in [1.165, 1.54) is 0 Å². The van der Waals surface area contributed by atoms with E-state index in [1.54, 1.807) is 7.11 Å². The van der Waals surface area contributed by atoms with Crippen LogP contribution in [-0.2, 0) is 0 Å². The molecule has 0 unspecified atom stereocenters. The number of methoxy groups -OCH3 is 1. The van der Waals surface area contributed by atoms with Crippen molar-refractivity contribution in [3.05, 3.63) is 91.0 Å². The Hall–Kier alpha value is -3.66. The lowest BCUT2D eigenvalue weighted by Crippen LogP contribution is -1.85. The number of ether oxygens (including phenoxy) is 2. The number of azo groups is 1. The van der Waals surface area contributed by atoms with Crippen molar-refractivity contribution in [3.63, 3.8) is 0 Å². The third kappa shape index (κ3) is 3.80. The van der Waals surface area contributed by atoms with E-state index in [1.807, 2.05) is 91.0 Å². The Kier molecular flexibility index (Phi) is 4.79. The maximum Gasteiger partial charge on any atom is 0.155 e. The third-order valence-electron chi connectivity index (χ3n) is 4.17. The summed E-state index contributed by atoms with van der Waals surface area (Å²) in [6.45, 7) is 0. The minimum absolute atomic E-state index is 0.664. The lowest BCUT2D eigenvalue weighted by atomic mass is 10.1. The quantitative estimate of drug-likeness (QED) is 0.360. The van der Waals surface area contributed by atoms with Crippen LogP contribution in [-0.4, -0.2) is 7.11 Å². The summed E-state index contributed by atoms with van der Waals surface area (Å²) in [5.74, 6) is 2.21. The molecule has 132 valence electrons. The molecule has 0 aliphatic rings. The van der Waals surface area contributed by atoms with Crippen LogP contribution in [0.25, 0.3) is 10.8 Å². The zero-order chi connectivity index (χ0) is 18.5. The standard InChI is InChI=1S/C23H18N2O2/c1-26-19-14-12-18(13-15-19)24-25-23-21-10-6-5-7-17(21)11-16-22(23)27-20-8-3-2-4-9-20/h2-16H,1H3. The molecule has 0 amide bonds. The molecule has 4 nitrogen and oxygen atoms in total. The van der Waals surface area contributed by atoms with Gasteiger partial charge in [0, 0.05) is 5.39 Å². The summed E-state index contributed by atoms with van der Waals surface area (Å²) in [4.78, 5) is 0. The number of fused-ring (bicyclic) bond motifs is 1. The van der Waals surface area contributed by atoms with Crippen LogP contribution in [0.1, 0.15) is 0 Å². The lowest BCUT2D eigenvalue weighted by Gasteiger charge is -2.10. The molecule has 27 heavy (non-hydrogen) atoms. The molecule has 0 spiro atoms. The summed E-state index contributed by atoms with van der Waals surface area (Å²) in [7, 11) is 1.64. The van der Waals surface area contributed by atoms with Gasteiger partial charge in [0.1, 0.15) is 17.2 Å². The topological polar surface area (TPSA) is 43.2 Å². The summed E-state index contributed by atoms with van der Waals surface area (Å²) >= 11 is 0. The van der Waals surface area contributed by atoms with E-state index in [4.69, 9.17) is 9.47 Å². The van der Waals surface area contributed by atoms with Crippen LogP contribution in [0, 0.1) is 0 Å². The average molecular weight is 354 g/mol. The summed E-state index contributed by atoms with van der Waals surface area (Å²) in [6.07, 6.45) is 0. The predicted molar refractivity (Wildman–Crippen MR) is 108 cm³/mol. The maximum atomic E-state index is 6.07. The van der Waals surface area contributed by atoms with Gasteiger partial charge in [0.15, 0.2) is 5.75 Å². The van der Waals surface area contributed by atoms with Crippen molar-refractivity contribution in [1.82, 2.24) is 0 Å². The molecule has 0 heterocycles. The Labute approximate surface area is 157 Å². The summed E-state index contributed by atoms with van der Waals surface area (Å²) in [6, 6.07) is 29.1. The van der Waals surface area contributed by atoms with Crippen LogP contribution in [0.5, 0.6) is 17.2 Å². The van der Waals surface area contributed by atoms with Crippen molar-refractivity contribution >= 4 is 22.1 Å². The maximum absolute atomic E-state index is 6.07. The molecule has 0 fully saturated rings. The first-order valence-electron chi connectivity index (χ1n) is 8.64. The fourth-order valence-electron chi connectivity index (χ4n) is 2.79. The Morgan fingerprint density at radius 2 is 1.37 bits per heavy atom. The van der Waals surface area contributed by atoms with E-state index in [9.17, 15) is 0 Å². The molecule has 0 bridgehead atoms. The van der Waals surface area contributed by atoms with Gasteiger partial charge in [0.05, 0.1) is 12.8 Å². The van der Waals surface area contributed by atoms with Crippen molar-refractivity contribution < 1.29 is 9.47 Å². The molecule has 0 aliphatic carbocycles. The predicted octanol–water partition coefficient (Wildman–Crippen LogP) is 7.06. The molecule has 4 rings (SSSR count). The molecule has 0 N–H and O–H groups in total. The number of rotatable bonds is 5. The van der Waals surface area contributed by atoms with E-state index in [0.29, 0.717) is 11.4 Å². The van der Waals surface area contributed by atoms with Gasteiger partial charge in [-0.2, -0.15) is 5.11 Å². The van der Waals surface area contributed by atoms with Crippen LogP contribution >= 0.6 is 0 Å². The van der Waals surface area contributed by atoms with E-state index in [-0.39, 0.29) is 0 Å². The average Bonchev–Trinajstić information content (AvgIpc) is 2.74. The Morgan fingerprint density at radius 1 is 0.630 bits per heavy atom. The van der Waals surface area contributed by atoms with Crippen LogP contribution in [0.3, 0.4) is 0 Å². The van der Waals surface area contributed by atoms with E-state index in [0.717, 1.165) is 28.0 Å². The van der Waals surface area contributed by atoms with Crippen LogP contribution < -0.4 is 9.47 Å². The Bertz CT molecular complexity index is 1070. The highest BCUT2D eigenvalue weighted by atomic mass is 16.5. The molecule has 4 aromatic rings.